The van der Waals surface area contributed by atoms with Gasteiger partial charge in [0.25, 0.3) is 5.91 Å². The van der Waals surface area contributed by atoms with Gasteiger partial charge in [0, 0.05) is 37.8 Å². The topological polar surface area (TPSA) is 58.6 Å². The number of carbonyl (C=O) groups excluding carboxylic acids is 2. The van der Waals surface area contributed by atoms with Gasteiger partial charge in [-0.3, -0.25) is 9.59 Å². The van der Waals surface area contributed by atoms with Crippen LogP contribution in [0, 0.1) is 0 Å². The molecule has 5 nitrogen and oxygen atoms in total. The van der Waals surface area contributed by atoms with Crippen molar-refractivity contribution in [1.29, 1.82) is 0 Å². The minimum Gasteiger partial charge on any atom is -0.469 e. The number of hydrogen-bond acceptors (Lipinski definition) is 4. The minimum atomic E-state index is -0.243. The zero-order valence-corrected chi connectivity index (χ0v) is 11.9. The summed E-state index contributed by atoms with van der Waals surface area (Å²) in [5.74, 6) is -0.265. The lowest BCUT2D eigenvalue weighted by molar-refractivity contribution is -0.140. The number of esters is 1. The third-order valence-corrected chi connectivity index (χ3v) is 3.52. The summed E-state index contributed by atoms with van der Waals surface area (Å²) in [6, 6.07) is 5.78. The molecule has 1 aromatic rings. The van der Waals surface area contributed by atoms with Crippen molar-refractivity contribution in [3.8, 4) is 0 Å². The number of carbonyl (C=O) groups is 2. The van der Waals surface area contributed by atoms with Gasteiger partial charge in [0.1, 0.15) is 0 Å². The molecule has 0 fully saturated rings. The standard InChI is InChI=1S/C15H20N2O3/c1-17(9-3-4-14(18)20-2)15(19)12-6-5-11-7-8-16-13(11)10-12/h5-6,10,16H,3-4,7-9H2,1-2H3. The summed E-state index contributed by atoms with van der Waals surface area (Å²) in [5, 5.41) is 3.27. The Morgan fingerprint density at radius 1 is 1.40 bits per heavy atom. The first-order valence-electron chi connectivity index (χ1n) is 6.81. The predicted molar refractivity (Wildman–Crippen MR) is 76.8 cm³/mol. The Labute approximate surface area is 118 Å². The molecule has 0 saturated carbocycles. The fourth-order valence-electron chi connectivity index (χ4n) is 2.31. The number of hydrogen-bond donors (Lipinski definition) is 1. The zero-order valence-electron chi connectivity index (χ0n) is 11.9. The lowest BCUT2D eigenvalue weighted by Gasteiger charge is -2.17. The monoisotopic (exact) mass is 276 g/mol. The molecule has 0 atom stereocenters. The Kier molecular flexibility index (Phi) is 4.61. The van der Waals surface area contributed by atoms with Crippen LogP contribution < -0.4 is 5.32 Å². The summed E-state index contributed by atoms with van der Waals surface area (Å²) in [4.78, 5) is 24.9. The summed E-state index contributed by atoms with van der Waals surface area (Å²) < 4.78 is 4.58. The molecule has 0 unspecified atom stereocenters. The molecular formula is C15H20N2O3. The smallest absolute Gasteiger partial charge is 0.305 e. The van der Waals surface area contributed by atoms with Crippen molar-refractivity contribution in [2.75, 3.05) is 32.6 Å². The highest BCUT2D eigenvalue weighted by molar-refractivity contribution is 5.95. The quantitative estimate of drug-likeness (QED) is 0.831. The Bertz CT molecular complexity index is 514. The van der Waals surface area contributed by atoms with E-state index in [0.29, 0.717) is 24.9 Å². The van der Waals surface area contributed by atoms with Gasteiger partial charge >= 0.3 is 5.97 Å². The van der Waals surface area contributed by atoms with E-state index in [1.54, 1.807) is 11.9 Å². The number of nitrogens with one attached hydrogen (secondary N) is 1. The second-order valence-electron chi connectivity index (χ2n) is 4.96. The number of ether oxygens (including phenoxy) is 1. The van der Waals surface area contributed by atoms with E-state index in [0.717, 1.165) is 18.7 Å². The molecule has 1 heterocycles. The Hall–Kier alpha value is -2.04. The molecular weight excluding hydrogens is 256 g/mol. The van der Waals surface area contributed by atoms with Gasteiger partial charge in [-0.15, -0.1) is 0 Å². The van der Waals surface area contributed by atoms with Crippen LogP contribution in [0.4, 0.5) is 5.69 Å². The first kappa shape index (κ1) is 14.4. The predicted octanol–water partition coefficient (Wildman–Crippen LogP) is 1.68. The number of rotatable bonds is 5. The maximum absolute atomic E-state index is 12.3. The maximum atomic E-state index is 12.3. The minimum absolute atomic E-state index is 0.0219. The number of fused-ring (bicyclic) bond motifs is 1. The van der Waals surface area contributed by atoms with E-state index in [9.17, 15) is 9.59 Å². The number of benzene rings is 1. The average Bonchev–Trinajstić information content (AvgIpc) is 2.93. The van der Waals surface area contributed by atoms with Crippen LogP contribution in [0.5, 0.6) is 0 Å². The average molecular weight is 276 g/mol. The van der Waals surface area contributed by atoms with Gasteiger partial charge in [-0.2, -0.15) is 0 Å². The van der Waals surface area contributed by atoms with Crippen molar-refractivity contribution in [2.24, 2.45) is 0 Å². The van der Waals surface area contributed by atoms with E-state index in [1.165, 1.54) is 12.7 Å². The maximum Gasteiger partial charge on any atom is 0.305 e. The van der Waals surface area contributed by atoms with Gasteiger partial charge in [-0.1, -0.05) is 6.07 Å². The molecule has 0 bridgehead atoms. The van der Waals surface area contributed by atoms with Crippen LogP contribution in [0.1, 0.15) is 28.8 Å². The third kappa shape index (κ3) is 3.29. The van der Waals surface area contributed by atoms with E-state index in [1.807, 2.05) is 18.2 Å². The first-order chi connectivity index (χ1) is 9.61. The van der Waals surface area contributed by atoms with Crippen molar-refractivity contribution in [3.63, 3.8) is 0 Å². The van der Waals surface area contributed by atoms with Crippen molar-refractivity contribution in [1.82, 2.24) is 4.90 Å². The highest BCUT2D eigenvalue weighted by atomic mass is 16.5. The van der Waals surface area contributed by atoms with Crippen LogP contribution in [-0.4, -0.2) is 44.0 Å². The van der Waals surface area contributed by atoms with Crippen molar-refractivity contribution in [3.05, 3.63) is 29.3 Å². The molecule has 1 N–H and O–H groups in total. The molecule has 20 heavy (non-hydrogen) atoms. The fraction of sp³-hybridized carbons (Fsp3) is 0.467. The zero-order chi connectivity index (χ0) is 14.5. The summed E-state index contributed by atoms with van der Waals surface area (Å²) in [7, 11) is 3.12. The molecule has 0 saturated heterocycles. The highest BCUT2D eigenvalue weighted by Gasteiger charge is 2.16. The van der Waals surface area contributed by atoms with E-state index in [-0.39, 0.29) is 11.9 Å². The molecule has 0 spiro atoms. The summed E-state index contributed by atoms with van der Waals surface area (Å²) in [5.41, 5.74) is 2.99. The molecule has 0 aromatic heterocycles. The number of nitrogens with zero attached hydrogens (tertiary/aromatic N) is 1. The summed E-state index contributed by atoms with van der Waals surface area (Å²) >= 11 is 0. The van der Waals surface area contributed by atoms with Crippen molar-refractivity contribution < 1.29 is 14.3 Å². The molecule has 2 rings (SSSR count). The molecule has 1 aliphatic heterocycles. The summed E-state index contributed by atoms with van der Waals surface area (Å²) in [6.07, 6.45) is 1.96. The van der Waals surface area contributed by atoms with Crippen LogP contribution >= 0.6 is 0 Å². The molecule has 1 aromatic carbocycles. The van der Waals surface area contributed by atoms with Crippen LogP contribution in [0.25, 0.3) is 0 Å². The van der Waals surface area contributed by atoms with Crippen molar-refractivity contribution in [2.45, 2.75) is 19.3 Å². The second kappa shape index (κ2) is 6.41. The van der Waals surface area contributed by atoms with Crippen molar-refractivity contribution >= 4 is 17.6 Å². The SMILES string of the molecule is COC(=O)CCCN(C)C(=O)c1ccc2c(c1)NCC2. The van der Waals surface area contributed by atoms with Crippen LogP contribution in [0.3, 0.4) is 0 Å². The first-order valence-corrected chi connectivity index (χ1v) is 6.81. The van der Waals surface area contributed by atoms with Crippen LogP contribution in [0.15, 0.2) is 18.2 Å². The number of anilines is 1. The molecule has 108 valence electrons. The van der Waals surface area contributed by atoms with E-state index < -0.39 is 0 Å². The van der Waals surface area contributed by atoms with E-state index >= 15 is 0 Å². The Balaban J connectivity index is 1.91. The summed E-state index contributed by atoms with van der Waals surface area (Å²) in [6.45, 7) is 1.47. The lowest BCUT2D eigenvalue weighted by atomic mass is 10.1. The van der Waals surface area contributed by atoms with Crippen LogP contribution in [0.2, 0.25) is 0 Å². The van der Waals surface area contributed by atoms with Gasteiger partial charge in [0.15, 0.2) is 0 Å². The molecule has 0 radical (unpaired) electrons. The third-order valence-electron chi connectivity index (χ3n) is 3.52. The van der Waals surface area contributed by atoms with Gasteiger partial charge < -0.3 is 15.0 Å². The van der Waals surface area contributed by atoms with E-state index in [2.05, 4.69) is 10.1 Å². The number of amides is 1. The molecule has 1 amide bonds. The van der Waals surface area contributed by atoms with E-state index in [4.69, 9.17) is 0 Å². The number of methoxy groups -OCH3 is 1. The normalized spacial score (nSPS) is 12.5. The van der Waals surface area contributed by atoms with Crippen LogP contribution in [-0.2, 0) is 16.0 Å². The fourth-order valence-corrected chi connectivity index (χ4v) is 2.31. The van der Waals surface area contributed by atoms with Gasteiger partial charge in [-0.25, -0.2) is 0 Å². The Morgan fingerprint density at radius 2 is 2.20 bits per heavy atom. The molecule has 5 heteroatoms. The van der Waals surface area contributed by atoms with Gasteiger partial charge in [0.2, 0.25) is 0 Å². The van der Waals surface area contributed by atoms with Gasteiger partial charge in [0.05, 0.1) is 7.11 Å². The lowest BCUT2D eigenvalue weighted by Crippen LogP contribution is -2.28. The largest absolute Gasteiger partial charge is 0.469 e. The second-order valence-corrected chi connectivity index (χ2v) is 4.96. The molecule has 0 aliphatic carbocycles. The van der Waals surface area contributed by atoms with Gasteiger partial charge in [-0.05, 0) is 30.5 Å². The Morgan fingerprint density at radius 3 is 2.95 bits per heavy atom. The highest BCUT2D eigenvalue weighted by Crippen LogP contribution is 2.23. The molecule has 1 aliphatic rings.